The first-order chi connectivity index (χ1) is 9.60. The molecule has 20 heavy (non-hydrogen) atoms. The Hall–Kier alpha value is -1.26. The predicted molar refractivity (Wildman–Crippen MR) is 79.4 cm³/mol. The van der Waals surface area contributed by atoms with E-state index in [9.17, 15) is 4.79 Å². The van der Waals surface area contributed by atoms with Gasteiger partial charge in [-0.1, -0.05) is 18.5 Å². The lowest BCUT2D eigenvalue weighted by Gasteiger charge is -2.32. The van der Waals surface area contributed by atoms with Crippen LogP contribution in [0.1, 0.15) is 13.3 Å². The van der Waals surface area contributed by atoms with Crippen LogP contribution in [0, 0.1) is 0 Å². The summed E-state index contributed by atoms with van der Waals surface area (Å²) in [6.07, 6.45) is 0.260. The normalized spacial score (nSPS) is 17.9. The number of halogens is 1. The summed E-state index contributed by atoms with van der Waals surface area (Å²) >= 11 is 5.85. The number of amides is 1. The Morgan fingerprint density at radius 1 is 1.35 bits per heavy atom. The lowest BCUT2D eigenvalue weighted by molar-refractivity contribution is -0.883. The van der Waals surface area contributed by atoms with Gasteiger partial charge in [-0.05, 0) is 30.7 Å². The SMILES string of the molecule is CC[C@@H](Oc1ccc(Cl)cc1)C(=O)N1CC[NH+](C)CC1. The first kappa shape index (κ1) is 15.1. The molecule has 1 saturated heterocycles. The monoisotopic (exact) mass is 297 g/mol. The Balaban J connectivity index is 1.97. The largest absolute Gasteiger partial charge is 0.481 e. The predicted octanol–water partition coefficient (Wildman–Crippen LogP) is 0.854. The third kappa shape index (κ3) is 3.87. The molecule has 0 aromatic heterocycles. The highest BCUT2D eigenvalue weighted by Crippen LogP contribution is 2.18. The van der Waals surface area contributed by atoms with Crippen molar-refractivity contribution in [2.75, 3.05) is 33.2 Å². The van der Waals surface area contributed by atoms with E-state index in [0.29, 0.717) is 17.2 Å². The van der Waals surface area contributed by atoms with Crippen molar-refractivity contribution in [2.24, 2.45) is 0 Å². The minimum atomic E-state index is -0.408. The third-order valence-electron chi connectivity index (χ3n) is 3.67. The topological polar surface area (TPSA) is 34.0 Å². The molecule has 110 valence electrons. The van der Waals surface area contributed by atoms with Gasteiger partial charge in [-0.2, -0.15) is 0 Å². The average Bonchev–Trinajstić information content (AvgIpc) is 2.47. The number of nitrogens with zero attached hydrogens (tertiary/aromatic N) is 1. The second-order valence-electron chi connectivity index (χ2n) is 5.25. The lowest BCUT2D eigenvalue weighted by atomic mass is 10.2. The number of ether oxygens (including phenoxy) is 1. The van der Waals surface area contributed by atoms with E-state index < -0.39 is 6.10 Å². The fraction of sp³-hybridized carbons (Fsp3) is 0.533. The van der Waals surface area contributed by atoms with Crippen molar-refractivity contribution in [3.63, 3.8) is 0 Å². The van der Waals surface area contributed by atoms with E-state index >= 15 is 0 Å². The number of rotatable bonds is 4. The molecular weight excluding hydrogens is 276 g/mol. The molecular formula is C15H22ClN2O2+. The standard InChI is InChI=1S/C15H21ClN2O2/c1-3-14(20-13-6-4-12(16)5-7-13)15(19)18-10-8-17(2)9-11-18/h4-7,14H,3,8-11H2,1-2H3/p+1/t14-/m1/s1. The van der Waals surface area contributed by atoms with E-state index in [1.165, 1.54) is 4.90 Å². The van der Waals surface area contributed by atoms with Crippen LogP contribution < -0.4 is 9.64 Å². The van der Waals surface area contributed by atoms with Gasteiger partial charge in [0.25, 0.3) is 5.91 Å². The maximum atomic E-state index is 12.5. The van der Waals surface area contributed by atoms with E-state index in [-0.39, 0.29) is 5.91 Å². The summed E-state index contributed by atoms with van der Waals surface area (Å²) in [6, 6.07) is 7.14. The smallest absolute Gasteiger partial charge is 0.264 e. The highest BCUT2D eigenvalue weighted by molar-refractivity contribution is 6.30. The van der Waals surface area contributed by atoms with Crippen molar-refractivity contribution in [3.05, 3.63) is 29.3 Å². The molecule has 0 bridgehead atoms. The van der Waals surface area contributed by atoms with Gasteiger partial charge >= 0.3 is 0 Å². The number of carbonyl (C=O) groups is 1. The number of carbonyl (C=O) groups excluding carboxylic acids is 1. The van der Waals surface area contributed by atoms with E-state index in [2.05, 4.69) is 7.05 Å². The second-order valence-corrected chi connectivity index (χ2v) is 5.69. The van der Waals surface area contributed by atoms with E-state index in [4.69, 9.17) is 16.3 Å². The Morgan fingerprint density at radius 3 is 2.50 bits per heavy atom. The molecule has 1 fully saturated rings. The number of likely N-dealkylation sites (N-methyl/N-ethyl adjacent to an activating group) is 1. The van der Waals surface area contributed by atoms with Crippen molar-refractivity contribution in [1.29, 1.82) is 0 Å². The van der Waals surface area contributed by atoms with Crippen LogP contribution in [0.25, 0.3) is 0 Å². The van der Waals surface area contributed by atoms with E-state index in [1.807, 2.05) is 11.8 Å². The maximum Gasteiger partial charge on any atom is 0.264 e. The lowest BCUT2D eigenvalue weighted by Crippen LogP contribution is -3.12. The number of hydrogen-bond acceptors (Lipinski definition) is 2. The van der Waals surface area contributed by atoms with Crippen molar-refractivity contribution in [2.45, 2.75) is 19.4 Å². The molecule has 1 atom stereocenters. The van der Waals surface area contributed by atoms with Crippen LogP contribution in [-0.2, 0) is 4.79 Å². The summed E-state index contributed by atoms with van der Waals surface area (Å²) in [7, 11) is 2.16. The summed E-state index contributed by atoms with van der Waals surface area (Å²) in [6.45, 7) is 5.60. The molecule has 0 radical (unpaired) electrons. The van der Waals surface area contributed by atoms with Crippen LogP contribution in [-0.4, -0.2) is 50.1 Å². The van der Waals surface area contributed by atoms with Gasteiger partial charge < -0.3 is 14.5 Å². The minimum absolute atomic E-state index is 0.0925. The van der Waals surface area contributed by atoms with Crippen LogP contribution in [0.4, 0.5) is 0 Å². The van der Waals surface area contributed by atoms with Crippen LogP contribution >= 0.6 is 11.6 Å². The van der Waals surface area contributed by atoms with Crippen molar-refractivity contribution >= 4 is 17.5 Å². The zero-order chi connectivity index (χ0) is 14.5. The molecule has 1 aliphatic rings. The van der Waals surface area contributed by atoms with Gasteiger partial charge in [0.05, 0.1) is 33.2 Å². The van der Waals surface area contributed by atoms with Gasteiger partial charge in [0.1, 0.15) is 5.75 Å². The highest BCUT2D eigenvalue weighted by Gasteiger charge is 2.28. The first-order valence-electron chi connectivity index (χ1n) is 7.12. The molecule has 1 aromatic rings. The molecule has 0 spiro atoms. The Bertz CT molecular complexity index is 442. The quantitative estimate of drug-likeness (QED) is 0.894. The summed E-state index contributed by atoms with van der Waals surface area (Å²) in [5, 5.41) is 0.666. The third-order valence-corrected chi connectivity index (χ3v) is 3.92. The number of hydrogen-bond donors (Lipinski definition) is 1. The summed E-state index contributed by atoms with van der Waals surface area (Å²) < 4.78 is 5.80. The Kier molecular flexibility index (Phi) is 5.26. The highest BCUT2D eigenvalue weighted by atomic mass is 35.5. The minimum Gasteiger partial charge on any atom is -0.481 e. The van der Waals surface area contributed by atoms with Crippen LogP contribution in [0.2, 0.25) is 5.02 Å². The number of quaternary nitrogens is 1. The molecule has 1 aliphatic heterocycles. The second kappa shape index (κ2) is 6.95. The average molecular weight is 298 g/mol. The fourth-order valence-electron chi connectivity index (χ4n) is 2.30. The van der Waals surface area contributed by atoms with Gasteiger partial charge in [-0.15, -0.1) is 0 Å². The fourth-order valence-corrected chi connectivity index (χ4v) is 2.42. The van der Waals surface area contributed by atoms with Crippen molar-refractivity contribution < 1.29 is 14.4 Å². The summed E-state index contributed by atoms with van der Waals surface area (Å²) in [5.41, 5.74) is 0. The molecule has 1 aromatic carbocycles. The van der Waals surface area contributed by atoms with Crippen molar-refractivity contribution in [1.82, 2.24) is 4.90 Å². The van der Waals surface area contributed by atoms with Crippen LogP contribution in [0.5, 0.6) is 5.75 Å². The zero-order valence-electron chi connectivity index (χ0n) is 12.1. The van der Waals surface area contributed by atoms with Crippen LogP contribution in [0.3, 0.4) is 0 Å². The van der Waals surface area contributed by atoms with E-state index in [0.717, 1.165) is 26.2 Å². The molecule has 4 nitrogen and oxygen atoms in total. The molecule has 2 rings (SSSR count). The molecule has 0 aliphatic carbocycles. The maximum absolute atomic E-state index is 12.5. The molecule has 1 heterocycles. The van der Waals surface area contributed by atoms with Crippen LogP contribution in [0.15, 0.2) is 24.3 Å². The summed E-state index contributed by atoms with van der Waals surface area (Å²) in [4.78, 5) is 15.9. The number of piperazine rings is 1. The Labute approximate surface area is 125 Å². The van der Waals surface area contributed by atoms with Crippen molar-refractivity contribution in [3.8, 4) is 5.75 Å². The van der Waals surface area contributed by atoms with Gasteiger partial charge in [0, 0.05) is 5.02 Å². The Morgan fingerprint density at radius 2 is 1.95 bits per heavy atom. The first-order valence-corrected chi connectivity index (χ1v) is 7.50. The summed E-state index contributed by atoms with van der Waals surface area (Å²) in [5.74, 6) is 0.782. The molecule has 1 N–H and O–H groups in total. The zero-order valence-corrected chi connectivity index (χ0v) is 12.8. The van der Waals surface area contributed by atoms with Gasteiger partial charge in [0.2, 0.25) is 0 Å². The number of benzene rings is 1. The molecule has 0 unspecified atom stereocenters. The van der Waals surface area contributed by atoms with E-state index in [1.54, 1.807) is 24.3 Å². The molecule has 5 heteroatoms. The van der Waals surface area contributed by atoms with Gasteiger partial charge in [-0.25, -0.2) is 0 Å². The van der Waals surface area contributed by atoms with Gasteiger partial charge in [-0.3, -0.25) is 4.79 Å². The number of nitrogens with one attached hydrogen (secondary N) is 1. The molecule has 1 amide bonds. The van der Waals surface area contributed by atoms with Gasteiger partial charge in [0.15, 0.2) is 6.10 Å². The molecule has 0 saturated carbocycles.